The van der Waals surface area contributed by atoms with E-state index in [1.165, 1.54) is 11.1 Å². The average Bonchev–Trinajstić information content (AvgIpc) is 2.24. The molecule has 0 aromatic heterocycles. The Labute approximate surface area is 110 Å². The number of hydrogen-bond donors (Lipinski definition) is 2. The Morgan fingerprint density at radius 3 is 2.53 bits per heavy atom. The van der Waals surface area contributed by atoms with Gasteiger partial charge in [0.2, 0.25) is 0 Å². The molecule has 0 aliphatic carbocycles. The van der Waals surface area contributed by atoms with Crippen molar-refractivity contribution in [3.05, 3.63) is 29.3 Å². The smallest absolute Gasteiger partial charge is 0.171 e. The fourth-order valence-corrected chi connectivity index (χ4v) is 1.82. The number of hydrogen-bond acceptors (Lipinski definition) is 1. The topological polar surface area (TPSA) is 24.1 Å². The highest BCUT2D eigenvalue weighted by Crippen LogP contribution is 2.18. The van der Waals surface area contributed by atoms with Crippen LogP contribution in [0, 0.1) is 13.8 Å². The third-order valence-electron chi connectivity index (χ3n) is 3.19. The monoisotopic (exact) mass is 250 g/mol. The molecule has 0 bridgehead atoms. The first-order valence-electron chi connectivity index (χ1n) is 6.01. The number of nitrogens with one attached hydrogen (secondary N) is 2. The second-order valence-electron chi connectivity index (χ2n) is 5.06. The molecule has 0 heterocycles. The van der Waals surface area contributed by atoms with Crippen LogP contribution in [-0.2, 0) is 0 Å². The molecule has 0 aliphatic rings. The summed E-state index contributed by atoms with van der Waals surface area (Å²) in [5.74, 6) is 0. The van der Waals surface area contributed by atoms with E-state index < -0.39 is 0 Å². The van der Waals surface area contributed by atoms with E-state index in [-0.39, 0.29) is 5.54 Å². The van der Waals surface area contributed by atoms with E-state index in [1.807, 2.05) is 6.07 Å². The number of benzene rings is 1. The Morgan fingerprint density at radius 2 is 1.94 bits per heavy atom. The molecule has 1 aromatic carbocycles. The molecule has 3 heteroatoms. The summed E-state index contributed by atoms with van der Waals surface area (Å²) in [7, 11) is 0. The van der Waals surface area contributed by atoms with Crippen molar-refractivity contribution in [3.63, 3.8) is 0 Å². The summed E-state index contributed by atoms with van der Waals surface area (Å²) in [6.07, 6.45) is 1.03. The van der Waals surface area contributed by atoms with Gasteiger partial charge >= 0.3 is 0 Å². The van der Waals surface area contributed by atoms with Gasteiger partial charge in [-0.25, -0.2) is 0 Å². The van der Waals surface area contributed by atoms with Gasteiger partial charge in [-0.3, -0.25) is 0 Å². The van der Waals surface area contributed by atoms with Crippen LogP contribution in [0.4, 0.5) is 5.69 Å². The molecule has 94 valence electrons. The molecule has 2 N–H and O–H groups in total. The van der Waals surface area contributed by atoms with Gasteiger partial charge in [0.15, 0.2) is 5.11 Å². The third kappa shape index (κ3) is 4.00. The first-order valence-corrected chi connectivity index (χ1v) is 6.42. The Hall–Kier alpha value is -1.09. The predicted molar refractivity (Wildman–Crippen MR) is 79.6 cm³/mol. The summed E-state index contributed by atoms with van der Waals surface area (Å²) in [5.41, 5.74) is 3.62. The summed E-state index contributed by atoms with van der Waals surface area (Å²) in [6, 6.07) is 6.19. The Balaban J connectivity index is 2.72. The molecule has 0 saturated carbocycles. The van der Waals surface area contributed by atoms with E-state index in [1.54, 1.807) is 0 Å². The van der Waals surface area contributed by atoms with Gasteiger partial charge in [-0.15, -0.1) is 0 Å². The van der Waals surface area contributed by atoms with Gasteiger partial charge in [0.05, 0.1) is 0 Å². The van der Waals surface area contributed by atoms with Crippen molar-refractivity contribution >= 4 is 23.0 Å². The molecule has 0 atom stereocenters. The SMILES string of the molecule is CCC(C)(C)NC(=S)Nc1cccc(C)c1C. The zero-order chi connectivity index (χ0) is 13.1. The van der Waals surface area contributed by atoms with Crippen molar-refractivity contribution in [1.29, 1.82) is 0 Å². The number of aryl methyl sites for hydroxylation is 1. The molecule has 0 saturated heterocycles. The van der Waals surface area contributed by atoms with Crippen LogP contribution >= 0.6 is 12.2 Å². The number of rotatable bonds is 3. The van der Waals surface area contributed by atoms with Crippen LogP contribution in [0.2, 0.25) is 0 Å². The highest BCUT2D eigenvalue weighted by Gasteiger charge is 2.15. The molecule has 1 aromatic rings. The Kier molecular flexibility index (Phi) is 4.52. The van der Waals surface area contributed by atoms with Gasteiger partial charge in [-0.2, -0.15) is 0 Å². The molecular weight excluding hydrogens is 228 g/mol. The van der Waals surface area contributed by atoms with Crippen LogP contribution in [-0.4, -0.2) is 10.7 Å². The molecule has 2 nitrogen and oxygen atoms in total. The summed E-state index contributed by atoms with van der Waals surface area (Å²) in [4.78, 5) is 0. The van der Waals surface area contributed by atoms with Crippen molar-refractivity contribution in [2.24, 2.45) is 0 Å². The highest BCUT2D eigenvalue weighted by molar-refractivity contribution is 7.80. The van der Waals surface area contributed by atoms with Crippen LogP contribution in [0.5, 0.6) is 0 Å². The average molecular weight is 250 g/mol. The van der Waals surface area contributed by atoms with E-state index in [4.69, 9.17) is 12.2 Å². The standard InChI is InChI=1S/C14H22N2S/c1-6-14(4,5)16-13(17)15-12-9-7-8-10(2)11(12)3/h7-9H,6H2,1-5H3,(H2,15,16,17). The lowest BCUT2D eigenvalue weighted by Crippen LogP contribution is -2.44. The minimum Gasteiger partial charge on any atom is -0.358 e. The van der Waals surface area contributed by atoms with Crippen LogP contribution in [0.25, 0.3) is 0 Å². The Bertz CT molecular complexity index is 411. The normalized spacial score (nSPS) is 11.1. The van der Waals surface area contributed by atoms with Gasteiger partial charge in [-0.05, 0) is 63.5 Å². The number of thiocarbonyl (C=S) groups is 1. The van der Waals surface area contributed by atoms with E-state index >= 15 is 0 Å². The maximum atomic E-state index is 5.33. The number of anilines is 1. The molecule has 0 aliphatic heterocycles. The van der Waals surface area contributed by atoms with Crippen molar-refractivity contribution in [1.82, 2.24) is 5.32 Å². The fourth-order valence-electron chi connectivity index (χ4n) is 1.44. The lowest BCUT2D eigenvalue weighted by molar-refractivity contribution is 0.448. The van der Waals surface area contributed by atoms with Gasteiger partial charge in [-0.1, -0.05) is 19.1 Å². The molecule has 0 spiro atoms. The summed E-state index contributed by atoms with van der Waals surface area (Å²) in [6.45, 7) is 10.6. The first kappa shape index (κ1) is 14.0. The Morgan fingerprint density at radius 1 is 1.29 bits per heavy atom. The molecule has 0 fully saturated rings. The van der Waals surface area contributed by atoms with Crippen LogP contribution in [0.15, 0.2) is 18.2 Å². The van der Waals surface area contributed by atoms with E-state index in [0.29, 0.717) is 5.11 Å². The maximum Gasteiger partial charge on any atom is 0.171 e. The molecule has 0 radical (unpaired) electrons. The van der Waals surface area contributed by atoms with Crippen molar-refractivity contribution in [2.75, 3.05) is 5.32 Å². The third-order valence-corrected chi connectivity index (χ3v) is 3.39. The van der Waals surface area contributed by atoms with Crippen LogP contribution in [0.1, 0.15) is 38.3 Å². The molecule has 17 heavy (non-hydrogen) atoms. The minimum atomic E-state index is 0.0296. The van der Waals surface area contributed by atoms with Gasteiger partial charge in [0.1, 0.15) is 0 Å². The zero-order valence-corrected chi connectivity index (χ0v) is 12.2. The van der Waals surface area contributed by atoms with Gasteiger partial charge in [0, 0.05) is 11.2 Å². The molecule has 1 rings (SSSR count). The molecule has 0 amide bonds. The van der Waals surface area contributed by atoms with Crippen molar-refractivity contribution in [2.45, 2.75) is 46.6 Å². The molecular formula is C14H22N2S. The lowest BCUT2D eigenvalue weighted by Gasteiger charge is -2.26. The largest absolute Gasteiger partial charge is 0.358 e. The van der Waals surface area contributed by atoms with Crippen molar-refractivity contribution < 1.29 is 0 Å². The second kappa shape index (κ2) is 5.50. The lowest BCUT2D eigenvalue weighted by atomic mass is 10.0. The predicted octanol–water partition coefficient (Wildman–Crippen LogP) is 3.78. The van der Waals surface area contributed by atoms with Crippen LogP contribution < -0.4 is 10.6 Å². The first-order chi connectivity index (χ1) is 7.85. The van der Waals surface area contributed by atoms with E-state index in [2.05, 4.69) is 57.4 Å². The van der Waals surface area contributed by atoms with E-state index in [9.17, 15) is 0 Å². The van der Waals surface area contributed by atoms with Gasteiger partial charge in [0.25, 0.3) is 0 Å². The highest BCUT2D eigenvalue weighted by atomic mass is 32.1. The van der Waals surface area contributed by atoms with E-state index in [0.717, 1.165) is 12.1 Å². The summed E-state index contributed by atoms with van der Waals surface area (Å²) < 4.78 is 0. The summed E-state index contributed by atoms with van der Waals surface area (Å²) in [5, 5.41) is 7.27. The summed E-state index contributed by atoms with van der Waals surface area (Å²) >= 11 is 5.33. The quantitative estimate of drug-likeness (QED) is 0.798. The van der Waals surface area contributed by atoms with Crippen molar-refractivity contribution in [3.8, 4) is 0 Å². The molecule has 0 unspecified atom stereocenters. The fraction of sp³-hybridized carbons (Fsp3) is 0.500. The maximum absolute atomic E-state index is 5.33. The minimum absolute atomic E-state index is 0.0296. The zero-order valence-electron chi connectivity index (χ0n) is 11.3. The van der Waals surface area contributed by atoms with Crippen LogP contribution in [0.3, 0.4) is 0 Å². The second-order valence-corrected chi connectivity index (χ2v) is 5.47. The van der Waals surface area contributed by atoms with Gasteiger partial charge < -0.3 is 10.6 Å².